The van der Waals surface area contributed by atoms with Crippen molar-refractivity contribution in [1.29, 1.82) is 0 Å². The van der Waals surface area contributed by atoms with Crippen molar-refractivity contribution in [2.45, 2.75) is 125 Å². The average Bonchev–Trinajstić information content (AvgIpc) is 3.72. The van der Waals surface area contributed by atoms with Crippen LogP contribution < -0.4 is 5.73 Å². The molecule has 262 valence electrons. The van der Waals surface area contributed by atoms with Gasteiger partial charge in [0.05, 0.1) is 48.8 Å². The molecule has 0 amide bonds. The first-order valence-electron chi connectivity index (χ1n) is 15.9. The van der Waals surface area contributed by atoms with Gasteiger partial charge in [-0.05, 0) is 19.9 Å². The predicted molar refractivity (Wildman–Crippen MR) is 165 cm³/mol. The van der Waals surface area contributed by atoms with Gasteiger partial charge in [0, 0.05) is 38.2 Å². The van der Waals surface area contributed by atoms with Crippen molar-refractivity contribution in [3.8, 4) is 0 Å². The third-order valence-corrected chi connectivity index (χ3v) is 8.58. The number of aliphatic hydroxyl groups is 5. The number of fused-ring (bicyclic) bond motifs is 3. The molecule has 14 atom stereocenters. The molecule has 0 aromatic carbocycles. The fraction of sp³-hybridized carbons (Fsp3) is 0.636. The number of hydrogen-bond donors (Lipinski definition) is 7. The van der Waals surface area contributed by atoms with Crippen LogP contribution in [0.25, 0.3) is 0 Å². The van der Waals surface area contributed by atoms with Gasteiger partial charge in [-0.25, -0.2) is 4.79 Å². The molecular formula is C33H47NO13. The number of ether oxygens (including phenoxy) is 5. The second-order valence-electron chi connectivity index (χ2n) is 12.6. The van der Waals surface area contributed by atoms with Crippen LogP contribution in [-0.4, -0.2) is 122 Å². The van der Waals surface area contributed by atoms with Gasteiger partial charge in [-0.3, -0.25) is 4.79 Å². The zero-order chi connectivity index (χ0) is 34.3. The number of rotatable bonds is 3. The van der Waals surface area contributed by atoms with E-state index in [1.165, 1.54) is 12.2 Å². The molecule has 0 radical (unpaired) electrons. The van der Waals surface area contributed by atoms with Gasteiger partial charge in [0.1, 0.15) is 24.2 Å². The van der Waals surface area contributed by atoms with Crippen molar-refractivity contribution < 1.29 is 63.9 Å². The second-order valence-corrected chi connectivity index (χ2v) is 12.6. The lowest BCUT2D eigenvalue weighted by molar-refractivity contribution is -0.308. The van der Waals surface area contributed by atoms with Crippen molar-refractivity contribution in [2.24, 2.45) is 11.7 Å². The number of cyclic esters (lactones) is 1. The molecule has 14 nitrogen and oxygen atoms in total. The van der Waals surface area contributed by atoms with Crippen LogP contribution >= 0.6 is 0 Å². The minimum Gasteiger partial charge on any atom is -0.481 e. The fourth-order valence-electron chi connectivity index (χ4n) is 6.00. The Balaban J connectivity index is 1.58. The molecular weight excluding hydrogens is 618 g/mol. The van der Waals surface area contributed by atoms with E-state index in [2.05, 4.69) is 0 Å². The van der Waals surface area contributed by atoms with Crippen molar-refractivity contribution in [1.82, 2.24) is 0 Å². The molecule has 3 fully saturated rings. The molecule has 0 aromatic heterocycles. The molecule has 0 spiro atoms. The maximum absolute atomic E-state index is 12.3. The maximum Gasteiger partial charge on any atom is 0.330 e. The molecule has 0 saturated carbocycles. The molecule has 4 rings (SSSR count). The Kier molecular flexibility index (Phi) is 13.1. The molecule has 47 heavy (non-hydrogen) atoms. The zero-order valence-corrected chi connectivity index (χ0v) is 26.4. The first-order valence-corrected chi connectivity index (χ1v) is 15.9. The van der Waals surface area contributed by atoms with Gasteiger partial charge in [0.15, 0.2) is 12.1 Å². The van der Waals surface area contributed by atoms with E-state index < -0.39 is 97.3 Å². The van der Waals surface area contributed by atoms with Crippen molar-refractivity contribution in [3.63, 3.8) is 0 Å². The largest absolute Gasteiger partial charge is 0.481 e. The molecule has 3 saturated heterocycles. The zero-order valence-electron chi connectivity index (χ0n) is 26.4. The number of aliphatic hydroxyl groups excluding tert-OH is 4. The minimum absolute atomic E-state index is 0.0789. The predicted octanol–water partition coefficient (Wildman–Crippen LogP) is 0.120. The highest BCUT2D eigenvalue weighted by molar-refractivity contribution is 5.82. The maximum atomic E-state index is 12.3. The summed E-state index contributed by atoms with van der Waals surface area (Å²) >= 11 is 0. The molecule has 0 aromatic rings. The van der Waals surface area contributed by atoms with Crippen LogP contribution in [0.3, 0.4) is 0 Å². The van der Waals surface area contributed by atoms with Crippen LogP contribution in [-0.2, 0) is 33.3 Å². The molecule has 4 aliphatic heterocycles. The summed E-state index contributed by atoms with van der Waals surface area (Å²) in [6.45, 7) is 3.34. The summed E-state index contributed by atoms with van der Waals surface area (Å²) in [5.41, 5.74) is 5.98. The number of esters is 1. The summed E-state index contributed by atoms with van der Waals surface area (Å²) < 4.78 is 28.5. The highest BCUT2D eigenvalue weighted by atomic mass is 16.7. The van der Waals surface area contributed by atoms with E-state index >= 15 is 0 Å². The van der Waals surface area contributed by atoms with E-state index in [0.29, 0.717) is 6.42 Å². The Morgan fingerprint density at radius 3 is 2.36 bits per heavy atom. The summed E-state index contributed by atoms with van der Waals surface area (Å²) in [5, 5.41) is 63.9. The summed E-state index contributed by atoms with van der Waals surface area (Å²) in [6.07, 6.45) is 5.25. The number of hydrogen-bond acceptors (Lipinski definition) is 13. The van der Waals surface area contributed by atoms with Crippen LogP contribution in [0.5, 0.6) is 0 Å². The number of nitrogens with two attached hydrogens (primary N) is 1. The normalized spacial score (nSPS) is 47.2. The van der Waals surface area contributed by atoms with Gasteiger partial charge >= 0.3 is 11.9 Å². The van der Waals surface area contributed by atoms with Gasteiger partial charge in [-0.15, -0.1) is 0 Å². The summed E-state index contributed by atoms with van der Waals surface area (Å²) in [7, 11) is 0. The number of allylic oxidation sites excluding steroid dienone is 6. The van der Waals surface area contributed by atoms with Gasteiger partial charge < -0.3 is 60.1 Å². The van der Waals surface area contributed by atoms with E-state index in [1.807, 2.05) is 6.08 Å². The quantitative estimate of drug-likeness (QED) is 0.157. The number of carbonyl (C=O) groups is 2. The highest BCUT2D eigenvalue weighted by Gasteiger charge is 2.51. The molecule has 0 aliphatic carbocycles. The van der Waals surface area contributed by atoms with Crippen LogP contribution in [0.15, 0.2) is 60.8 Å². The monoisotopic (exact) mass is 665 g/mol. The van der Waals surface area contributed by atoms with E-state index in [4.69, 9.17) is 29.4 Å². The van der Waals surface area contributed by atoms with E-state index in [1.54, 1.807) is 56.4 Å². The van der Waals surface area contributed by atoms with Gasteiger partial charge in [-0.2, -0.15) is 0 Å². The Morgan fingerprint density at radius 1 is 0.936 bits per heavy atom. The molecule has 8 N–H and O–H groups in total. The summed E-state index contributed by atoms with van der Waals surface area (Å²) in [4.78, 5) is 24.4. The van der Waals surface area contributed by atoms with Gasteiger partial charge in [-0.1, -0.05) is 48.6 Å². The Morgan fingerprint density at radius 2 is 1.64 bits per heavy atom. The number of aliphatic carboxylic acids is 1. The molecule has 6 unspecified atom stereocenters. The van der Waals surface area contributed by atoms with E-state index in [-0.39, 0.29) is 25.4 Å². The number of carboxylic acids is 1. The van der Waals surface area contributed by atoms with Crippen LogP contribution in [0.4, 0.5) is 0 Å². The van der Waals surface area contributed by atoms with Crippen LogP contribution in [0, 0.1) is 5.92 Å². The van der Waals surface area contributed by atoms with Crippen molar-refractivity contribution in [2.75, 3.05) is 0 Å². The molecule has 4 aliphatic rings. The highest BCUT2D eigenvalue weighted by Crippen LogP contribution is 2.39. The van der Waals surface area contributed by atoms with E-state index in [0.717, 1.165) is 0 Å². The standard InChI is InChI=1S/C33H47NO13/c1-18-10-8-6-4-3-5-7-9-11-21(45-32-30(39)28(34)29(38)19(2)44-32)15-25-27(31(40)41)22(36)17-33(42,47-25)16-20(35)14-24-23(46-24)12-13-26(37)43-18/h3-9,11-13,18-25,27-30,32,35-36,38-39,42H,10,14-17,34H2,1-2H3,(H,40,41)/b4-3+,7-5+,8-6+,11-9+,13-12+/t18-,19?,20-,21?,22-,23+,24+,25-,27+,28?,29?,30?,32?,33+/m1/s1. The average molecular weight is 666 g/mol. The molecule has 4 heterocycles. The van der Waals surface area contributed by atoms with E-state index in [9.17, 15) is 40.2 Å². The summed E-state index contributed by atoms with van der Waals surface area (Å²) in [5.74, 6) is -5.45. The number of carbonyl (C=O) groups excluding carboxylic acids is 1. The van der Waals surface area contributed by atoms with Crippen LogP contribution in [0.1, 0.15) is 46.0 Å². The lowest BCUT2D eigenvalue weighted by atomic mass is 9.83. The Hall–Kier alpha value is -2.76. The topological polar surface area (TPSA) is 231 Å². The molecule has 14 heteroatoms. The van der Waals surface area contributed by atoms with Crippen molar-refractivity contribution >= 4 is 11.9 Å². The first-order chi connectivity index (χ1) is 22.3. The SMILES string of the molecule is CC1OC(OC2/C=C/C=C/C=C/C=C/C[C@@H](C)OC(=O)/C=C/[C@@H]3O[C@H]3C[C@@H](O)C[C@@]3(O)C[C@@H](O)[C@H](C(=O)O)[C@@H](C2)O3)C(O)C(N)C1O. The third-order valence-electron chi connectivity index (χ3n) is 8.58. The van der Waals surface area contributed by atoms with Gasteiger partial charge in [0.2, 0.25) is 0 Å². The Bertz CT molecular complexity index is 1220. The summed E-state index contributed by atoms with van der Waals surface area (Å²) in [6, 6.07) is -1.08. The number of epoxide rings is 1. The smallest absolute Gasteiger partial charge is 0.330 e. The fourth-order valence-corrected chi connectivity index (χ4v) is 6.00. The number of carboxylic acid groups (broad SMARTS) is 1. The van der Waals surface area contributed by atoms with Crippen LogP contribution in [0.2, 0.25) is 0 Å². The Labute approximate surface area is 273 Å². The minimum atomic E-state index is -2.10. The lowest BCUT2D eigenvalue weighted by Crippen LogP contribution is -2.61. The first kappa shape index (κ1) is 37.1. The van der Waals surface area contributed by atoms with Crippen molar-refractivity contribution in [3.05, 3.63) is 60.8 Å². The third kappa shape index (κ3) is 10.6. The van der Waals surface area contributed by atoms with Gasteiger partial charge in [0.25, 0.3) is 0 Å². The second kappa shape index (κ2) is 16.6. The molecule has 2 bridgehead atoms. The lowest BCUT2D eigenvalue weighted by Gasteiger charge is -2.45.